The number of nitrogens with one attached hydrogen (secondary N) is 1. The molecule has 0 saturated heterocycles. The fraction of sp³-hybridized carbons (Fsp3) is 0.455. The van der Waals surface area contributed by atoms with Gasteiger partial charge in [0.1, 0.15) is 0 Å². The van der Waals surface area contributed by atoms with Crippen molar-refractivity contribution in [1.29, 1.82) is 0 Å². The number of rotatable bonds is 5. The highest BCUT2D eigenvalue weighted by Gasteiger charge is 2.25. The monoisotopic (exact) mass is 262 g/mol. The van der Waals surface area contributed by atoms with Crippen LogP contribution in [0.25, 0.3) is 0 Å². The summed E-state index contributed by atoms with van der Waals surface area (Å²) in [5.41, 5.74) is 1.07. The molecule has 1 rings (SSSR count). The van der Waals surface area contributed by atoms with Crippen LogP contribution in [0.2, 0.25) is 0 Å². The maximum atomic E-state index is 11.9. The third-order valence-corrected chi connectivity index (χ3v) is 2.24. The van der Waals surface area contributed by atoms with Gasteiger partial charge in [-0.05, 0) is 25.0 Å². The van der Waals surface area contributed by atoms with Gasteiger partial charge in [0, 0.05) is 30.8 Å². The predicted molar refractivity (Wildman–Crippen MR) is 61.6 cm³/mol. The zero-order valence-electron chi connectivity index (χ0n) is 9.75. The minimum atomic E-state index is -4.17. The fourth-order valence-electron chi connectivity index (χ4n) is 1.49. The SMILES string of the molecule is Cc1cc(NCCCC(F)(F)F)cc([N+](=O)[O-])c1. The number of nitro groups is 1. The third kappa shape index (κ3) is 5.03. The van der Waals surface area contributed by atoms with Crippen LogP contribution in [0.15, 0.2) is 18.2 Å². The predicted octanol–water partition coefficient (Wildman–Crippen LogP) is 3.66. The van der Waals surface area contributed by atoms with Gasteiger partial charge in [0.25, 0.3) is 5.69 Å². The molecule has 0 spiro atoms. The molecule has 1 aromatic carbocycles. The molecule has 0 radical (unpaired) electrons. The van der Waals surface area contributed by atoms with Crippen LogP contribution in [0.1, 0.15) is 18.4 Å². The minimum absolute atomic E-state index is 0.0642. The summed E-state index contributed by atoms with van der Waals surface area (Å²) in [4.78, 5) is 10.1. The Bertz CT molecular complexity index is 433. The van der Waals surface area contributed by atoms with E-state index in [9.17, 15) is 23.3 Å². The summed E-state index contributed by atoms with van der Waals surface area (Å²) >= 11 is 0. The summed E-state index contributed by atoms with van der Waals surface area (Å²) in [6.07, 6.45) is -5.10. The molecule has 0 aromatic heterocycles. The molecule has 1 aromatic rings. The van der Waals surface area contributed by atoms with E-state index in [1.807, 2.05) is 0 Å². The molecule has 0 aliphatic rings. The lowest BCUT2D eigenvalue weighted by Gasteiger charge is -2.09. The molecule has 1 N–H and O–H groups in total. The van der Waals surface area contributed by atoms with E-state index in [-0.39, 0.29) is 18.7 Å². The second-order valence-electron chi connectivity index (χ2n) is 3.96. The van der Waals surface area contributed by atoms with Crippen LogP contribution in [0, 0.1) is 17.0 Å². The Hall–Kier alpha value is -1.79. The second kappa shape index (κ2) is 5.70. The van der Waals surface area contributed by atoms with E-state index in [0.717, 1.165) is 0 Å². The van der Waals surface area contributed by atoms with Gasteiger partial charge in [0.15, 0.2) is 0 Å². The molecule has 0 bridgehead atoms. The number of benzene rings is 1. The van der Waals surface area contributed by atoms with Gasteiger partial charge in [-0.15, -0.1) is 0 Å². The quantitative estimate of drug-likeness (QED) is 0.500. The summed E-state index contributed by atoms with van der Waals surface area (Å²) in [5, 5.41) is 13.3. The Balaban J connectivity index is 2.55. The number of hydrogen-bond donors (Lipinski definition) is 1. The standard InChI is InChI=1S/C11H13F3N2O2/c1-8-5-9(7-10(6-8)16(17)18)15-4-2-3-11(12,13)14/h5-7,15H,2-4H2,1H3. The molecule has 18 heavy (non-hydrogen) atoms. The Morgan fingerprint density at radius 3 is 2.56 bits per heavy atom. The van der Waals surface area contributed by atoms with E-state index >= 15 is 0 Å². The first-order valence-corrected chi connectivity index (χ1v) is 5.34. The molecule has 0 unspecified atom stereocenters. The van der Waals surface area contributed by atoms with Crippen molar-refractivity contribution in [2.24, 2.45) is 0 Å². The van der Waals surface area contributed by atoms with Crippen molar-refractivity contribution < 1.29 is 18.1 Å². The highest BCUT2D eigenvalue weighted by atomic mass is 19.4. The van der Waals surface area contributed by atoms with Gasteiger partial charge in [0.2, 0.25) is 0 Å². The largest absolute Gasteiger partial charge is 0.389 e. The van der Waals surface area contributed by atoms with Crippen LogP contribution >= 0.6 is 0 Å². The lowest BCUT2D eigenvalue weighted by Crippen LogP contribution is -2.11. The van der Waals surface area contributed by atoms with Gasteiger partial charge in [-0.2, -0.15) is 13.2 Å². The molecule has 0 aliphatic carbocycles. The van der Waals surface area contributed by atoms with Crippen molar-refractivity contribution in [3.8, 4) is 0 Å². The van der Waals surface area contributed by atoms with Crippen molar-refractivity contribution >= 4 is 11.4 Å². The van der Waals surface area contributed by atoms with Gasteiger partial charge >= 0.3 is 6.18 Å². The van der Waals surface area contributed by atoms with Gasteiger partial charge in [-0.25, -0.2) is 0 Å². The highest BCUT2D eigenvalue weighted by Crippen LogP contribution is 2.23. The van der Waals surface area contributed by atoms with Crippen molar-refractivity contribution in [2.75, 3.05) is 11.9 Å². The first-order valence-electron chi connectivity index (χ1n) is 5.34. The topological polar surface area (TPSA) is 55.2 Å². The van der Waals surface area contributed by atoms with Gasteiger partial charge in [-0.3, -0.25) is 10.1 Å². The van der Waals surface area contributed by atoms with Gasteiger partial charge in [-0.1, -0.05) is 0 Å². The zero-order chi connectivity index (χ0) is 13.8. The third-order valence-electron chi connectivity index (χ3n) is 2.24. The molecule has 100 valence electrons. The van der Waals surface area contributed by atoms with Crippen LogP contribution in [-0.2, 0) is 0 Å². The first kappa shape index (κ1) is 14.3. The molecule has 0 amide bonds. The molecule has 0 atom stereocenters. The van der Waals surface area contributed by atoms with Crippen LogP contribution in [0.3, 0.4) is 0 Å². The molecule has 4 nitrogen and oxygen atoms in total. The number of nitro benzene ring substituents is 1. The summed E-state index contributed by atoms with van der Waals surface area (Å²) < 4.78 is 35.7. The zero-order valence-corrected chi connectivity index (χ0v) is 9.75. The van der Waals surface area contributed by atoms with Gasteiger partial charge in [0.05, 0.1) is 4.92 Å². The van der Waals surface area contributed by atoms with E-state index in [4.69, 9.17) is 0 Å². The van der Waals surface area contributed by atoms with Crippen LogP contribution in [0.4, 0.5) is 24.5 Å². The van der Waals surface area contributed by atoms with E-state index in [1.54, 1.807) is 13.0 Å². The van der Waals surface area contributed by atoms with Gasteiger partial charge < -0.3 is 5.32 Å². The lowest BCUT2D eigenvalue weighted by molar-refractivity contribution is -0.384. The summed E-state index contributed by atoms with van der Waals surface area (Å²) in [5.74, 6) is 0. The maximum Gasteiger partial charge on any atom is 0.389 e. The molecular formula is C11H13F3N2O2. The number of non-ortho nitro benzene ring substituents is 1. The number of halogens is 3. The molecular weight excluding hydrogens is 249 g/mol. The fourth-order valence-corrected chi connectivity index (χ4v) is 1.49. The van der Waals surface area contributed by atoms with Crippen molar-refractivity contribution in [2.45, 2.75) is 25.9 Å². The van der Waals surface area contributed by atoms with Crippen molar-refractivity contribution in [3.05, 3.63) is 33.9 Å². The smallest absolute Gasteiger partial charge is 0.385 e. The number of hydrogen-bond acceptors (Lipinski definition) is 3. The molecule has 0 saturated carbocycles. The van der Waals surface area contributed by atoms with Crippen molar-refractivity contribution in [3.63, 3.8) is 0 Å². The Morgan fingerprint density at radius 1 is 1.33 bits per heavy atom. The van der Waals surface area contributed by atoms with Crippen LogP contribution < -0.4 is 5.32 Å². The summed E-state index contributed by atoms with van der Waals surface area (Å²) in [6, 6.07) is 4.36. The van der Waals surface area contributed by atoms with E-state index in [1.165, 1.54) is 12.1 Å². The summed E-state index contributed by atoms with van der Waals surface area (Å²) in [7, 11) is 0. The van der Waals surface area contributed by atoms with E-state index in [2.05, 4.69) is 5.32 Å². The lowest BCUT2D eigenvalue weighted by atomic mass is 10.2. The maximum absolute atomic E-state index is 11.9. The minimum Gasteiger partial charge on any atom is -0.385 e. The molecule has 0 heterocycles. The Kier molecular flexibility index (Phi) is 4.52. The molecule has 0 aliphatic heterocycles. The number of aryl methyl sites for hydroxylation is 1. The molecule has 7 heteroatoms. The average molecular weight is 262 g/mol. The summed E-state index contributed by atoms with van der Waals surface area (Å²) in [6.45, 7) is 1.81. The average Bonchev–Trinajstić information content (AvgIpc) is 2.22. The number of anilines is 1. The first-order chi connectivity index (χ1) is 8.28. The number of nitrogens with zero attached hydrogens (tertiary/aromatic N) is 1. The normalized spacial score (nSPS) is 11.3. The van der Waals surface area contributed by atoms with E-state index < -0.39 is 17.5 Å². The van der Waals surface area contributed by atoms with E-state index in [0.29, 0.717) is 11.3 Å². The second-order valence-corrected chi connectivity index (χ2v) is 3.96. The van der Waals surface area contributed by atoms with Crippen LogP contribution in [0.5, 0.6) is 0 Å². The number of alkyl halides is 3. The molecule has 0 fully saturated rings. The van der Waals surface area contributed by atoms with Crippen molar-refractivity contribution in [1.82, 2.24) is 0 Å². The van der Waals surface area contributed by atoms with Crippen LogP contribution in [-0.4, -0.2) is 17.6 Å². The Morgan fingerprint density at radius 2 is 2.00 bits per heavy atom. The highest BCUT2D eigenvalue weighted by molar-refractivity contribution is 5.53. The Labute approximate surface area is 102 Å².